The molecule has 0 amide bonds. The van der Waals surface area contributed by atoms with E-state index in [9.17, 15) is 4.79 Å². The topological polar surface area (TPSA) is 64.6 Å². The molecule has 0 aliphatic carbocycles. The Labute approximate surface area is 98.8 Å². The maximum Gasteiger partial charge on any atom is 0.169 e. The zero-order valence-electron chi connectivity index (χ0n) is 9.08. The SMILES string of the molecule is [N]=Nc1ccccc1C(=O)Cc1ccncc1. The van der Waals surface area contributed by atoms with Crippen molar-refractivity contribution in [1.29, 1.82) is 0 Å². The summed E-state index contributed by atoms with van der Waals surface area (Å²) in [5.74, 6) is -0.0791. The molecule has 17 heavy (non-hydrogen) atoms. The minimum Gasteiger partial charge on any atom is -0.294 e. The highest BCUT2D eigenvalue weighted by molar-refractivity contribution is 6.01. The van der Waals surface area contributed by atoms with Gasteiger partial charge in [-0.15, -0.1) is 5.11 Å². The molecular weight excluding hydrogens is 214 g/mol. The summed E-state index contributed by atoms with van der Waals surface area (Å²) in [6.07, 6.45) is 3.56. The quantitative estimate of drug-likeness (QED) is 0.591. The number of nitrogens with zero attached hydrogens (tertiary/aromatic N) is 3. The zero-order chi connectivity index (χ0) is 12.1. The predicted molar refractivity (Wildman–Crippen MR) is 62.9 cm³/mol. The standard InChI is InChI=1S/C13H10N3O/c14-16-12-4-2-1-3-11(12)13(17)9-10-5-7-15-8-6-10/h1-8H,9H2. The van der Waals surface area contributed by atoms with Crippen LogP contribution < -0.4 is 5.53 Å². The molecule has 0 atom stereocenters. The molecule has 0 fully saturated rings. The van der Waals surface area contributed by atoms with Crippen LogP contribution in [0.15, 0.2) is 53.9 Å². The molecule has 0 aliphatic heterocycles. The van der Waals surface area contributed by atoms with Gasteiger partial charge in [-0.05, 0) is 35.4 Å². The molecular formula is C13H10N3O. The van der Waals surface area contributed by atoms with Gasteiger partial charge in [-0.1, -0.05) is 12.1 Å². The Morgan fingerprint density at radius 3 is 2.59 bits per heavy atom. The second kappa shape index (κ2) is 5.12. The highest BCUT2D eigenvalue weighted by Crippen LogP contribution is 2.19. The van der Waals surface area contributed by atoms with Crippen LogP contribution in [0, 0.1) is 0 Å². The monoisotopic (exact) mass is 224 g/mol. The van der Waals surface area contributed by atoms with Gasteiger partial charge in [-0.25, -0.2) is 0 Å². The lowest BCUT2D eigenvalue weighted by atomic mass is 10.0. The van der Waals surface area contributed by atoms with Crippen LogP contribution >= 0.6 is 0 Å². The van der Waals surface area contributed by atoms with Crippen LogP contribution in [0.2, 0.25) is 0 Å². The number of pyridine rings is 1. The minimum absolute atomic E-state index is 0.0791. The van der Waals surface area contributed by atoms with Crippen LogP contribution in [0.5, 0.6) is 0 Å². The Bertz CT molecular complexity index is 537. The fourth-order valence-corrected chi connectivity index (χ4v) is 1.58. The van der Waals surface area contributed by atoms with Crippen molar-refractivity contribution < 1.29 is 4.79 Å². The third-order valence-corrected chi connectivity index (χ3v) is 2.43. The summed E-state index contributed by atoms with van der Waals surface area (Å²) < 4.78 is 0. The van der Waals surface area contributed by atoms with Gasteiger partial charge in [-0.3, -0.25) is 9.78 Å². The molecule has 0 bridgehead atoms. The second-order valence-corrected chi connectivity index (χ2v) is 3.57. The van der Waals surface area contributed by atoms with Gasteiger partial charge in [0.25, 0.3) is 0 Å². The van der Waals surface area contributed by atoms with Crippen molar-refractivity contribution in [2.75, 3.05) is 0 Å². The first-order valence-electron chi connectivity index (χ1n) is 5.17. The molecule has 0 unspecified atom stereocenters. The van der Waals surface area contributed by atoms with Crippen LogP contribution in [-0.4, -0.2) is 10.8 Å². The number of hydrogen-bond donors (Lipinski definition) is 0. The Morgan fingerprint density at radius 2 is 1.88 bits per heavy atom. The number of Topliss-reactive ketones (excluding diaryl/α,β-unsaturated/α-hetero) is 1. The highest BCUT2D eigenvalue weighted by atomic mass is 16.1. The van der Waals surface area contributed by atoms with Crippen molar-refractivity contribution in [1.82, 2.24) is 10.5 Å². The lowest BCUT2D eigenvalue weighted by molar-refractivity contribution is 0.0993. The van der Waals surface area contributed by atoms with Gasteiger partial charge in [0.1, 0.15) is 0 Å². The number of ketones is 1. The molecule has 2 rings (SSSR count). The summed E-state index contributed by atoms with van der Waals surface area (Å²) in [7, 11) is 0. The molecule has 83 valence electrons. The smallest absolute Gasteiger partial charge is 0.169 e. The molecule has 2 aromatic rings. The van der Waals surface area contributed by atoms with E-state index in [4.69, 9.17) is 5.53 Å². The first-order valence-corrected chi connectivity index (χ1v) is 5.17. The Hall–Kier alpha value is -2.36. The first-order chi connectivity index (χ1) is 8.31. The van der Waals surface area contributed by atoms with Gasteiger partial charge in [-0.2, -0.15) is 0 Å². The van der Waals surface area contributed by atoms with Crippen molar-refractivity contribution in [2.24, 2.45) is 5.11 Å². The number of benzene rings is 1. The first kappa shape index (κ1) is 11.1. The van der Waals surface area contributed by atoms with E-state index in [1.807, 2.05) is 0 Å². The summed E-state index contributed by atoms with van der Waals surface area (Å²) in [6, 6.07) is 10.3. The van der Waals surface area contributed by atoms with Gasteiger partial charge >= 0.3 is 0 Å². The Morgan fingerprint density at radius 1 is 1.18 bits per heavy atom. The maximum absolute atomic E-state index is 12.0. The molecule has 4 heteroatoms. The summed E-state index contributed by atoms with van der Waals surface area (Å²) in [5, 5.41) is 3.10. The van der Waals surface area contributed by atoms with Gasteiger partial charge < -0.3 is 0 Å². The van der Waals surface area contributed by atoms with E-state index in [-0.39, 0.29) is 12.2 Å². The van der Waals surface area contributed by atoms with E-state index < -0.39 is 0 Å². The minimum atomic E-state index is -0.0791. The zero-order valence-corrected chi connectivity index (χ0v) is 9.08. The van der Waals surface area contributed by atoms with Crippen LogP contribution in [-0.2, 0) is 6.42 Å². The van der Waals surface area contributed by atoms with Gasteiger partial charge in [0.2, 0.25) is 0 Å². The average Bonchev–Trinajstić information content (AvgIpc) is 2.40. The molecule has 1 aromatic carbocycles. The summed E-state index contributed by atoms with van der Waals surface area (Å²) in [6.45, 7) is 0. The van der Waals surface area contributed by atoms with Gasteiger partial charge in [0, 0.05) is 24.4 Å². The van der Waals surface area contributed by atoms with E-state index in [1.54, 1.807) is 48.8 Å². The predicted octanol–water partition coefficient (Wildman–Crippen LogP) is 2.39. The summed E-state index contributed by atoms with van der Waals surface area (Å²) >= 11 is 0. The van der Waals surface area contributed by atoms with E-state index in [0.29, 0.717) is 11.3 Å². The third kappa shape index (κ3) is 2.60. The molecule has 4 nitrogen and oxygen atoms in total. The molecule has 0 saturated carbocycles. The van der Waals surface area contributed by atoms with Crippen LogP contribution in [0.1, 0.15) is 15.9 Å². The highest BCUT2D eigenvalue weighted by Gasteiger charge is 2.11. The fourth-order valence-electron chi connectivity index (χ4n) is 1.58. The summed E-state index contributed by atoms with van der Waals surface area (Å²) in [5.41, 5.74) is 10.4. The molecule has 0 aliphatic rings. The van der Waals surface area contributed by atoms with E-state index in [2.05, 4.69) is 10.1 Å². The third-order valence-electron chi connectivity index (χ3n) is 2.43. The maximum atomic E-state index is 12.0. The number of aromatic nitrogens is 1. The van der Waals surface area contributed by atoms with Gasteiger partial charge in [0.15, 0.2) is 5.78 Å². The number of rotatable bonds is 4. The lowest BCUT2D eigenvalue weighted by Crippen LogP contribution is -2.03. The van der Waals surface area contributed by atoms with Crippen molar-refractivity contribution in [3.63, 3.8) is 0 Å². The molecule has 0 saturated heterocycles. The lowest BCUT2D eigenvalue weighted by Gasteiger charge is -2.03. The van der Waals surface area contributed by atoms with Crippen LogP contribution in [0.3, 0.4) is 0 Å². The second-order valence-electron chi connectivity index (χ2n) is 3.57. The average molecular weight is 224 g/mol. The molecule has 0 N–H and O–H groups in total. The normalized spacial score (nSPS) is 9.88. The Balaban J connectivity index is 2.23. The van der Waals surface area contributed by atoms with Crippen molar-refractivity contribution in [3.8, 4) is 0 Å². The van der Waals surface area contributed by atoms with Crippen molar-refractivity contribution >= 4 is 11.5 Å². The van der Waals surface area contributed by atoms with Gasteiger partial charge in [0.05, 0.1) is 5.69 Å². The van der Waals surface area contributed by atoms with E-state index in [1.165, 1.54) is 0 Å². The molecule has 1 aromatic heterocycles. The fraction of sp³-hybridized carbons (Fsp3) is 0.0769. The molecule has 1 heterocycles. The number of carbonyl (C=O) groups excluding carboxylic acids is 1. The van der Waals surface area contributed by atoms with Crippen LogP contribution in [0.4, 0.5) is 5.69 Å². The van der Waals surface area contributed by atoms with Crippen LogP contribution in [0.25, 0.3) is 0 Å². The van der Waals surface area contributed by atoms with E-state index >= 15 is 0 Å². The van der Waals surface area contributed by atoms with Crippen molar-refractivity contribution in [3.05, 3.63) is 59.9 Å². The van der Waals surface area contributed by atoms with E-state index in [0.717, 1.165) is 5.56 Å². The molecule has 1 radical (unpaired) electrons. The molecule has 0 spiro atoms. The largest absolute Gasteiger partial charge is 0.294 e. The number of hydrogen-bond acceptors (Lipinski definition) is 3. The van der Waals surface area contributed by atoms with Crippen molar-refractivity contribution in [2.45, 2.75) is 6.42 Å². The summed E-state index contributed by atoms with van der Waals surface area (Å²) in [4.78, 5) is 15.9. The Kier molecular flexibility index (Phi) is 3.35. The number of carbonyl (C=O) groups is 1.